The Bertz CT molecular complexity index is 369. The molecular formula is C11H15FN2O2. The molecule has 1 aromatic carbocycles. The van der Waals surface area contributed by atoms with Crippen molar-refractivity contribution in [3.63, 3.8) is 0 Å². The summed E-state index contributed by atoms with van der Waals surface area (Å²) in [5, 5.41) is 2.87. The summed E-state index contributed by atoms with van der Waals surface area (Å²) >= 11 is 0. The molecule has 0 aromatic heterocycles. The summed E-state index contributed by atoms with van der Waals surface area (Å²) in [4.78, 5) is 11.2. The molecule has 4 nitrogen and oxygen atoms in total. The van der Waals surface area contributed by atoms with Gasteiger partial charge in [-0.25, -0.2) is 9.18 Å². The third-order valence-corrected chi connectivity index (χ3v) is 2.08. The summed E-state index contributed by atoms with van der Waals surface area (Å²) < 4.78 is 17.9. The highest BCUT2D eigenvalue weighted by Crippen LogP contribution is 2.16. The van der Waals surface area contributed by atoms with Gasteiger partial charge < -0.3 is 15.8 Å². The third-order valence-electron chi connectivity index (χ3n) is 2.08. The van der Waals surface area contributed by atoms with Crippen molar-refractivity contribution in [1.82, 2.24) is 0 Å². The number of methoxy groups -OCH3 is 1. The molecule has 0 fully saturated rings. The number of hydrogen-bond donors (Lipinski definition) is 2. The highest BCUT2D eigenvalue weighted by molar-refractivity contribution is 5.90. The van der Waals surface area contributed by atoms with Crippen molar-refractivity contribution >= 4 is 11.7 Å². The second-order valence-corrected chi connectivity index (χ2v) is 3.26. The highest BCUT2D eigenvalue weighted by atomic mass is 19.1. The van der Waals surface area contributed by atoms with Gasteiger partial charge in [-0.1, -0.05) is 0 Å². The fraction of sp³-hybridized carbons (Fsp3) is 0.364. The van der Waals surface area contributed by atoms with E-state index in [0.29, 0.717) is 18.7 Å². The van der Waals surface area contributed by atoms with Gasteiger partial charge >= 0.3 is 5.97 Å². The van der Waals surface area contributed by atoms with E-state index in [1.54, 1.807) is 0 Å². The fourth-order valence-electron chi connectivity index (χ4n) is 1.23. The summed E-state index contributed by atoms with van der Waals surface area (Å²) in [5.41, 5.74) is 5.93. The lowest BCUT2D eigenvalue weighted by molar-refractivity contribution is 0.0600. The molecule has 0 radical (unpaired) electrons. The van der Waals surface area contributed by atoms with Crippen LogP contribution in [0.15, 0.2) is 18.2 Å². The van der Waals surface area contributed by atoms with Crippen LogP contribution in [0.25, 0.3) is 0 Å². The van der Waals surface area contributed by atoms with E-state index in [9.17, 15) is 9.18 Å². The van der Waals surface area contributed by atoms with E-state index < -0.39 is 11.8 Å². The van der Waals surface area contributed by atoms with Crippen molar-refractivity contribution in [3.05, 3.63) is 29.6 Å². The van der Waals surface area contributed by atoms with Crippen LogP contribution >= 0.6 is 0 Å². The van der Waals surface area contributed by atoms with Crippen LogP contribution in [0.4, 0.5) is 10.1 Å². The minimum absolute atomic E-state index is 0.288. The molecule has 0 spiro atoms. The normalized spacial score (nSPS) is 9.94. The van der Waals surface area contributed by atoms with Crippen molar-refractivity contribution in [2.45, 2.75) is 6.42 Å². The predicted molar refractivity (Wildman–Crippen MR) is 59.9 cm³/mol. The van der Waals surface area contributed by atoms with Crippen molar-refractivity contribution in [3.8, 4) is 0 Å². The number of nitrogens with two attached hydrogens (primary N) is 1. The monoisotopic (exact) mass is 226 g/mol. The lowest BCUT2D eigenvalue weighted by Gasteiger charge is -2.08. The summed E-state index contributed by atoms with van der Waals surface area (Å²) in [6.07, 6.45) is 0.738. The number of nitrogens with one attached hydrogen (secondary N) is 1. The Morgan fingerprint density at radius 1 is 1.56 bits per heavy atom. The van der Waals surface area contributed by atoms with Crippen molar-refractivity contribution in [2.75, 3.05) is 25.5 Å². The summed E-state index contributed by atoms with van der Waals surface area (Å²) in [6.45, 7) is 1.10. The van der Waals surface area contributed by atoms with Gasteiger partial charge in [0, 0.05) is 6.54 Å². The topological polar surface area (TPSA) is 64.3 Å². The number of halogens is 1. The molecule has 16 heavy (non-hydrogen) atoms. The molecule has 0 bridgehead atoms. The van der Waals surface area contributed by atoms with Gasteiger partial charge in [-0.05, 0) is 31.2 Å². The smallest absolute Gasteiger partial charge is 0.337 e. The van der Waals surface area contributed by atoms with Crippen LogP contribution in [-0.2, 0) is 4.74 Å². The number of esters is 1. The van der Waals surface area contributed by atoms with E-state index in [-0.39, 0.29) is 5.69 Å². The van der Waals surface area contributed by atoms with E-state index >= 15 is 0 Å². The molecule has 0 aliphatic rings. The molecule has 0 saturated carbocycles. The maximum atomic E-state index is 13.3. The van der Waals surface area contributed by atoms with Gasteiger partial charge in [-0.3, -0.25) is 0 Å². The number of anilines is 1. The maximum Gasteiger partial charge on any atom is 0.337 e. The van der Waals surface area contributed by atoms with E-state index in [1.807, 2.05) is 0 Å². The van der Waals surface area contributed by atoms with Crippen LogP contribution in [0.3, 0.4) is 0 Å². The first kappa shape index (κ1) is 12.4. The SMILES string of the molecule is COC(=O)c1ccc(F)c(NCCCN)c1. The van der Waals surface area contributed by atoms with Crippen LogP contribution in [-0.4, -0.2) is 26.2 Å². The lowest BCUT2D eigenvalue weighted by atomic mass is 10.2. The zero-order valence-electron chi connectivity index (χ0n) is 9.13. The molecule has 0 aliphatic heterocycles. The van der Waals surface area contributed by atoms with Crippen LogP contribution in [0, 0.1) is 5.82 Å². The Kier molecular flexibility index (Phi) is 4.72. The first-order chi connectivity index (χ1) is 7.69. The van der Waals surface area contributed by atoms with E-state index in [4.69, 9.17) is 5.73 Å². The zero-order chi connectivity index (χ0) is 12.0. The minimum atomic E-state index is -0.484. The standard InChI is InChI=1S/C11H15FN2O2/c1-16-11(15)8-3-4-9(12)10(7-8)14-6-2-5-13/h3-4,7,14H,2,5-6,13H2,1H3. The molecule has 1 aromatic rings. The number of rotatable bonds is 5. The van der Waals surface area contributed by atoms with Crippen LogP contribution < -0.4 is 11.1 Å². The molecule has 1 rings (SSSR count). The highest BCUT2D eigenvalue weighted by Gasteiger charge is 2.09. The third kappa shape index (κ3) is 3.20. The number of hydrogen-bond acceptors (Lipinski definition) is 4. The summed E-state index contributed by atoms with van der Waals surface area (Å²) in [7, 11) is 1.28. The largest absolute Gasteiger partial charge is 0.465 e. The number of ether oxygens (including phenoxy) is 1. The van der Waals surface area contributed by atoms with Crippen molar-refractivity contribution in [2.24, 2.45) is 5.73 Å². The van der Waals surface area contributed by atoms with E-state index in [1.165, 1.54) is 25.3 Å². The van der Waals surface area contributed by atoms with Gasteiger partial charge in [0.05, 0.1) is 18.4 Å². The Morgan fingerprint density at radius 3 is 2.94 bits per heavy atom. The predicted octanol–water partition coefficient (Wildman–Crippen LogP) is 1.37. The lowest BCUT2D eigenvalue weighted by Crippen LogP contribution is -2.10. The maximum absolute atomic E-state index is 13.3. The molecule has 0 unspecified atom stereocenters. The van der Waals surface area contributed by atoms with E-state index in [2.05, 4.69) is 10.1 Å². The molecule has 0 aliphatic carbocycles. The molecule has 0 saturated heterocycles. The van der Waals surface area contributed by atoms with Gasteiger partial charge in [0.2, 0.25) is 0 Å². The minimum Gasteiger partial charge on any atom is -0.465 e. The van der Waals surface area contributed by atoms with Gasteiger partial charge in [0.15, 0.2) is 0 Å². The fourth-order valence-corrected chi connectivity index (χ4v) is 1.23. The molecule has 5 heteroatoms. The Balaban J connectivity index is 2.78. The van der Waals surface area contributed by atoms with Crippen LogP contribution in [0.5, 0.6) is 0 Å². The second kappa shape index (κ2) is 6.07. The molecule has 0 atom stereocenters. The van der Waals surface area contributed by atoms with Crippen LogP contribution in [0.2, 0.25) is 0 Å². The molecule has 88 valence electrons. The van der Waals surface area contributed by atoms with Crippen molar-refractivity contribution in [1.29, 1.82) is 0 Å². The molecular weight excluding hydrogens is 211 g/mol. The average Bonchev–Trinajstić information content (AvgIpc) is 2.31. The number of benzene rings is 1. The van der Waals surface area contributed by atoms with Gasteiger partial charge in [0.1, 0.15) is 5.82 Å². The summed E-state index contributed by atoms with van der Waals surface area (Å²) in [6, 6.07) is 4.05. The van der Waals surface area contributed by atoms with E-state index in [0.717, 1.165) is 6.42 Å². The Morgan fingerprint density at radius 2 is 2.31 bits per heavy atom. The Labute approximate surface area is 93.6 Å². The van der Waals surface area contributed by atoms with Crippen molar-refractivity contribution < 1.29 is 13.9 Å². The zero-order valence-corrected chi connectivity index (χ0v) is 9.13. The molecule has 0 amide bonds. The summed E-state index contributed by atoms with van der Waals surface area (Å²) in [5.74, 6) is -0.883. The quantitative estimate of drug-likeness (QED) is 0.588. The number of carbonyl (C=O) groups excluding carboxylic acids is 1. The first-order valence-corrected chi connectivity index (χ1v) is 5.01. The van der Waals surface area contributed by atoms with Crippen LogP contribution in [0.1, 0.15) is 16.8 Å². The molecule has 3 N–H and O–H groups in total. The molecule has 0 heterocycles. The second-order valence-electron chi connectivity index (χ2n) is 3.26. The average molecular weight is 226 g/mol. The number of carbonyl (C=O) groups is 1. The van der Waals surface area contributed by atoms with Gasteiger partial charge in [0.25, 0.3) is 0 Å². The Hall–Kier alpha value is -1.62. The van der Waals surface area contributed by atoms with Gasteiger partial charge in [-0.15, -0.1) is 0 Å². The first-order valence-electron chi connectivity index (χ1n) is 5.01. The van der Waals surface area contributed by atoms with Gasteiger partial charge in [-0.2, -0.15) is 0 Å².